The summed E-state index contributed by atoms with van der Waals surface area (Å²) in [5.74, 6) is -0.852. The number of H-pyrrole nitrogens is 1. The lowest BCUT2D eigenvalue weighted by atomic mass is 10.4. The van der Waals surface area contributed by atoms with Gasteiger partial charge in [0.2, 0.25) is 0 Å². The van der Waals surface area contributed by atoms with E-state index in [-0.39, 0.29) is 11.5 Å². The van der Waals surface area contributed by atoms with Crippen molar-refractivity contribution in [2.24, 2.45) is 0 Å². The summed E-state index contributed by atoms with van der Waals surface area (Å²) in [6, 6.07) is 2.46. The van der Waals surface area contributed by atoms with Crippen molar-refractivity contribution in [1.29, 1.82) is 0 Å². The van der Waals surface area contributed by atoms with Gasteiger partial charge in [-0.25, -0.2) is 4.98 Å². The van der Waals surface area contributed by atoms with Gasteiger partial charge in [-0.3, -0.25) is 9.63 Å². The maximum atomic E-state index is 10.8. The largest absolute Gasteiger partial charge is 0.358 e. The minimum Gasteiger partial charge on any atom is -0.358 e. The van der Waals surface area contributed by atoms with E-state index in [0.29, 0.717) is 0 Å². The third-order valence-electron chi connectivity index (χ3n) is 1.20. The Balaban J connectivity index is 2.91. The van der Waals surface area contributed by atoms with E-state index in [1.807, 2.05) is 4.84 Å². The number of nitrogens with one attached hydrogen (secondary N) is 2. The number of hydrogen-bond acceptors (Lipinski definition) is 3. The number of rotatable bonds is 2. The summed E-state index contributed by atoms with van der Waals surface area (Å²) in [7, 11) is 0. The molecule has 2 N–H and O–H groups in total. The van der Waals surface area contributed by atoms with Gasteiger partial charge in [-0.05, 0) is 11.0 Å². The van der Waals surface area contributed by atoms with Crippen molar-refractivity contribution in [3.63, 3.8) is 0 Å². The second kappa shape index (κ2) is 3.22. The molecule has 0 saturated heterocycles. The predicted octanol–water partition coefficient (Wildman–Crippen LogP) is 0.806. The highest BCUT2D eigenvalue weighted by atomic mass is 35.5. The number of carbonyl (C=O) groups excluding carboxylic acids is 1. The molecule has 1 heterocycles. The summed E-state index contributed by atoms with van der Waals surface area (Å²) in [4.78, 5) is 24.3. The van der Waals surface area contributed by atoms with Crippen molar-refractivity contribution in [3.05, 3.63) is 27.9 Å². The fourth-order valence-electron chi connectivity index (χ4n) is 0.673. The van der Waals surface area contributed by atoms with Crippen LogP contribution in [0.1, 0.15) is 10.5 Å². The number of amides is 1. The van der Waals surface area contributed by atoms with Crippen LogP contribution in [0.4, 0.5) is 5.82 Å². The van der Waals surface area contributed by atoms with Gasteiger partial charge in [0, 0.05) is 17.8 Å². The SMILES string of the molecule is O=C(NCl)c1ccc([N+](=O)[O-])[nH]1. The molecule has 0 saturated carbocycles. The third kappa shape index (κ3) is 1.54. The van der Waals surface area contributed by atoms with Gasteiger partial charge in [0.1, 0.15) is 0 Å². The Labute approximate surface area is 71.8 Å². The Bertz CT molecular complexity index is 321. The van der Waals surface area contributed by atoms with Gasteiger partial charge in [-0.2, -0.15) is 0 Å². The van der Waals surface area contributed by atoms with E-state index < -0.39 is 10.8 Å². The molecule has 1 aromatic heterocycles. The number of aromatic nitrogens is 1. The fraction of sp³-hybridized carbons (Fsp3) is 0. The molecule has 0 fully saturated rings. The molecule has 1 rings (SSSR count). The minimum atomic E-state index is -0.634. The molecule has 0 atom stereocenters. The van der Waals surface area contributed by atoms with Crippen LogP contribution in [-0.4, -0.2) is 15.8 Å². The van der Waals surface area contributed by atoms with E-state index in [1.165, 1.54) is 12.1 Å². The molecule has 0 radical (unpaired) electrons. The molecule has 12 heavy (non-hydrogen) atoms. The predicted molar refractivity (Wildman–Crippen MR) is 40.8 cm³/mol. The summed E-state index contributed by atoms with van der Waals surface area (Å²) in [5, 5.41) is 10.1. The Kier molecular flexibility index (Phi) is 2.29. The molecule has 0 spiro atoms. The molecule has 7 heteroatoms. The molecule has 0 bridgehead atoms. The molecular weight excluding hydrogens is 186 g/mol. The smallest absolute Gasteiger partial charge is 0.321 e. The molecule has 0 aliphatic rings. The molecule has 6 nitrogen and oxygen atoms in total. The van der Waals surface area contributed by atoms with Crippen LogP contribution in [0, 0.1) is 10.1 Å². The quantitative estimate of drug-likeness (QED) is 0.410. The van der Waals surface area contributed by atoms with E-state index in [0.717, 1.165) is 0 Å². The number of carbonyl (C=O) groups is 1. The first-order valence-electron chi connectivity index (χ1n) is 2.89. The summed E-state index contributed by atoms with van der Waals surface area (Å²) in [5.41, 5.74) is 0.0525. The van der Waals surface area contributed by atoms with Gasteiger partial charge in [-0.1, -0.05) is 0 Å². The average molecular weight is 190 g/mol. The third-order valence-corrected chi connectivity index (χ3v) is 1.37. The Hall–Kier alpha value is -1.56. The Morgan fingerprint density at radius 2 is 2.33 bits per heavy atom. The monoisotopic (exact) mass is 189 g/mol. The van der Waals surface area contributed by atoms with Gasteiger partial charge in [0.05, 0.1) is 0 Å². The van der Waals surface area contributed by atoms with Gasteiger partial charge in [-0.15, -0.1) is 0 Å². The van der Waals surface area contributed by atoms with Crippen molar-refractivity contribution in [3.8, 4) is 0 Å². The molecule has 0 aliphatic carbocycles. The summed E-state index contributed by atoms with van der Waals surface area (Å²) < 4.78 is 0. The van der Waals surface area contributed by atoms with Crippen LogP contribution in [-0.2, 0) is 0 Å². The summed E-state index contributed by atoms with van der Waals surface area (Å²) in [6.07, 6.45) is 0. The zero-order chi connectivity index (χ0) is 9.14. The van der Waals surface area contributed by atoms with Gasteiger partial charge in [0.25, 0.3) is 0 Å². The second-order valence-electron chi connectivity index (χ2n) is 1.94. The first kappa shape index (κ1) is 8.54. The van der Waals surface area contributed by atoms with Crippen LogP contribution in [0.25, 0.3) is 0 Å². The van der Waals surface area contributed by atoms with E-state index in [9.17, 15) is 14.9 Å². The van der Waals surface area contributed by atoms with Crippen LogP contribution in [0.2, 0.25) is 0 Å². The molecule has 0 unspecified atom stereocenters. The number of nitro groups is 1. The van der Waals surface area contributed by atoms with E-state index in [1.54, 1.807) is 0 Å². The Morgan fingerprint density at radius 1 is 1.67 bits per heavy atom. The zero-order valence-electron chi connectivity index (χ0n) is 5.70. The highest BCUT2D eigenvalue weighted by Gasteiger charge is 2.13. The highest BCUT2D eigenvalue weighted by Crippen LogP contribution is 2.09. The van der Waals surface area contributed by atoms with Gasteiger partial charge >= 0.3 is 11.7 Å². The lowest BCUT2D eigenvalue weighted by Crippen LogP contribution is -2.12. The Morgan fingerprint density at radius 3 is 2.75 bits per heavy atom. The second-order valence-corrected chi connectivity index (χ2v) is 2.13. The first-order chi connectivity index (χ1) is 5.65. The minimum absolute atomic E-state index is 0.0525. The van der Waals surface area contributed by atoms with E-state index >= 15 is 0 Å². The summed E-state index contributed by atoms with van der Waals surface area (Å²) in [6.45, 7) is 0. The maximum Gasteiger partial charge on any atom is 0.321 e. The first-order valence-corrected chi connectivity index (χ1v) is 3.27. The molecular formula is C5H4ClN3O3. The number of halogens is 1. The van der Waals surface area contributed by atoms with Crippen molar-refractivity contribution >= 4 is 23.5 Å². The van der Waals surface area contributed by atoms with Crippen molar-refractivity contribution in [2.75, 3.05) is 0 Å². The van der Waals surface area contributed by atoms with Crippen LogP contribution in [0.3, 0.4) is 0 Å². The highest BCUT2D eigenvalue weighted by molar-refractivity contribution is 6.23. The molecule has 0 aliphatic heterocycles. The van der Waals surface area contributed by atoms with Gasteiger partial charge in [0.15, 0.2) is 5.69 Å². The van der Waals surface area contributed by atoms with Crippen LogP contribution >= 0.6 is 11.8 Å². The van der Waals surface area contributed by atoms with Crippen molar-refractivity contribution in [1.82, 2.24) is 9.82 Å². The number of nitrogens with zero attached hydrogens (tertiary/aromatic N) is 1. The van der Waals surface area contributed by atoms with Crippen molar-refractivity contribution < 1.29 is 9.72 Å². The van der Waals surface area contributed by atoms with Gasteiger partial charge < -0.3 is 10.1 Å². The molecule has 0 aromatic carbocycles. The summed E-state index contributed by atoms with van der Waals surface area (Å²) >= 11 is 4.99. The zero-order valence-corrected chi connectivity index (χ0v) is 6.46. The molecule has 1 aromatic rings. The lowest BCUT2D eigenvalue weighted by molar-refractivity contribution is -0.389. The van der Waals surface area contributed by atoms with E-state index in [2.05, 4.69) is 4.98 Å². The topological polar surface area (TPSA) is 88.0 Å². The lowest BCUT2D eigenvalue weighted by Gasteiger charge is -1.88. The number of aromatic amines is 1. The van der Waals surface area contributed by atoms with Crippen LogP contribution in [0.15, 0.2) is 12.1 Å². The molecule has 64 valence electrons. The van der Waals surface area contributed by atoms with Crippen LogP contribution < -0.4 is 4.84 Å². The standard InChI is InChI=1S/C5H4ClN3O3/c6-8-5(10)3-1-2-4(7-3)9(11)12/h1-2,7H,(H,8,10). The van der Waals surface area contributed by atoms with Crippen molar-refractivity contribution in [2.45, 2.75) is 0 Å². The fourth-order valence-corrected chi connectivity index (χ4v) is 0.775. The normalized spacial score (nSPS) is 9.42. The average Bonchev–Trinajstić information content (AvgIpc) is 2.51. The van der Waals surface area contributed by atoms with E-state index in [4.69, 9.17) is 11.8 Å². The molecule has 1 amide bonds. The number of hydrogen-bond donors (Lipinski definition) is 2. The van der Waals surface area contributed by atoms with Crippen LogP contribution in [0.5, 0.6) is 0 Å². The maximum absolute atomic E-state index is 10.8.